The van der Waals surface area contributed by atoms with Gasteiger partial charge in [-0.25, -0.2) is 4.98 Å². The van der Waals surface area contributed by atoms with Gasteiger partial charge in [-0.1, -0.05) is 0 Å². The molecule has 0 aromatic carbocycles. The van der Waals surface area contributed by atoms with Crippen LogP contribution in [-0.4, -0.2) is 44.6 Å². The maximum absolute atomic E-state index is 5.22. The van der Waals surface area contributed by atoms with Crippen molar-refractivity contribution < 1.29 is 9.47 Å². The number of hydrogen-bond acceptors (Lipinski definition) is 5. The minimum atomic E-state index is -0.276. The van der Waals surface area contributed by atoms with E-state index in [1.807, 2.05) is 25.3 Å². The van der Waals surface area contributed by atoms with Crippen LogP contribution in [0.5, 0.6) is 0 Å². The Morgan fingerprint density at radius 1 is 1.21 bits per heavy atom. The van der Waals surface area contributed by atoms with Gasteiger partial charge in [0.2, 0.25) is 0 Å². The van der Waals surface area contributed by atoms with Gasteiger partial charge in [-0.2, -0.15) is 0 Å². The van der Waals surface area contributed by atoms with Crippen LogP contribution in [0.2, 0.25) is 0 Å². The van der Waals surface area contributed by atoms with E-state index in [2.05, 4.69) is 29.0 Å². The monoisotopic (exact) mass is 267 g/mol. The van der Waals surface area contributed by atoms with E-state index >= 15 is 0 Å². The minimum Gasteiger partial charge on any atom is -0.376 e. The van der Waals surface area contributed by atoms with Crippen molar-refractivity contribution in [2.45, 2.75) is 33.1 Å². The molecular formula is C14H25N3O2. The van der Waals surface area contributed by atoms with E-state index in [1.54, 1.807) is 14.2 Å². The van der Waals surface area contributed by atoms with Gasteiger partial charge < -0.3 is 19.7 Å². The molecule has 19 heavy (non-hydrogen) atoms. The molecule has 1 aromatic rings. The summed E-state index contributed by atoms with van der Waals surface area (Å²) in [7, 11) is 3.27. The minimum absolute atomic E-state index is 0.0519. The smallest absolute Gasteiger partial charge is 0.176 e. The molecule has 1 heterocycles. The molecular weight excluding hydrogens is 242 g/mol. The second kappa shape index (κ2) is 7.96. The Balaban J connectivity index is 2.66. The third kappa shape index (κ3) is 4.36. The summed E-state index contributed by atoms with van der Waals surface area (Å²) in [4.78, 5) is 6.68. The lowest BCUT2D eigenvalue weighted by atomic mass is 10.3. The molecule has 0 saturated carbocycles. The van der Waals surface area contributed by atoms with Gasteiger partial charge in [-0.3, -0.25) is 0 Å². The summed E-state index contributed by atoms with van der Waals surface area (Å²) < 4.78 is 10.4. The topological polar surface area (TPSA) is 46.6 Å². The molecule has 1 N–H and O–H groups in total. The fourth-order valence-corrected chi connectivity index (χ4v) is 2.04. The Morgan fingerprint density at radius 2 is 1.84 bits per heavy atom. The highest BCUT2D eigenvalue weighted by molar-refractivity contribution is 5.49. The van der Waals surface area contributed by atoms with Crippen molar-refractivity contribution in [3.05, 3.63) is 18.3 Å². The first-order chi connectivity index (χ1) is 9.15. The van der Waals surface area contributed by atoms with Crippen LogP contribution < -0.4 is 10.2 Å². The zero-order chi connectivity index (χ0) is 14.3. The van der Waals surface area contributed by atoms with Crippen molar-refractivity contribution in [1.29, 1.82) is 0 Å². The average molecular weight is 267 g/mol. The van der Waals surface area contributed by atoms with Gasteiger partial charge in [-0.05, 0) is 32.9 Å². The molecule has 0 fully saturated rings. The first kappa shape index (κ1) is 15.7. The Kier molecular flexibility index (Phi) is 6.59. The lowest BCUT2D eigenvalue weighted by Crippen LogP contribution is -2.33. The van der Waals surface area contributed by atoms with E-state index in [0.717, 1.165) is 24.6 Å². The first-order valence-electron chi connectivity index (χ1n) is 6.69. The zero-order valence-corrected chi connectivity index (χ0v) is 12.5. The second-order valence-corrected chi connectivity index (χ2v) is 4.35. The number of methoxy groups -OCH3 is 2. The van der Waals surface area contributed by atoms with Crippen LogP contribution in [0, 0.1) is 0 Å². The zero-order valence-electron chi connectivity index (χ0n) is 12.5. The fraction of sp³-hybridized carbons (Fsp3) is 0.643. The lowest BCUT2D eigenvalue weighted by molar-refractivity contribution is -0.109. The van der Waals surface area contributed by atoms with Crippen molar-refractivity contribution >= 4 is 11.5 Å². The molecule has 0 amide bonds. The van der Waals surface area contributed by atoms with Crippen LogP contribution in [0.15, 0.2) is 18.3 Å². The number of aromatic nitrogens is 1. The highest BCUT2D eigenvalue weighted by Gasteiger charge is 2.15. The molecule has 1 rings (SSSR count). The molecule has 5 heteroatoms. The summed E-state index contributed by atoms with van der Waals surface area (Å²) in [6.45, 7) is 8.18. The van der Waals surface area contributed by atoms with E-state index in [0.29, 0.717) is 0 Å². The predicted molar refractivity (Wildman–Crippen MR) is 78.7 cm³/mol. The third-order valence-electron chi connectivity index (χ3n) is 3.10. The van der Waals surface area contributed by atoms with E-state index < -0.39 is 0 Å². The molecule has 1 aromatic heterocycles. The highest BCUT2D eigenvalue weighted by Crippen LogP contribution is 2.15. The number of hydrogen-bond donors (Lipinski definition) is 1. The first-order valence-corrected chi connectivity index (χ1v) is 6.69. The van der Waals surface area contributed by atoms with Crippen LogP contribution in [0.3, 0.4) is 0 Å². The molecule has 1 atom stereocenters. The maximum atomic E-state index is 5.22. The standard InChI is InChI=1S/C14H25N3O2/c1-6-17(7-2)13-9-8-12(10-15-13)16-11(3)14(18-4)19-5/h8-11,14,16H,6-7H2,1-5H3. The van der Waals surface area contributed by atoms with Crippen LogP contribution >= 0.6 is 0 Å². The number of ether oxygens (including phenoxy) is 2. The third-order valence-corrected chi connectivity index (χ3v) is 3.10. The van der Waals surface area contributed by atoms with E-state index in [-0.39, 0.29) is 12.3 Å². The summed E-state index contributed by atoms with van der Waals surface area (Å²) in [6.07, 6.45) is 1.56. The maximum Gasteiger partial charge on any atom is 0.176 e. The van der Waals surface area contributed by atoms with E-state index in [1.165, 1.54) is 0 Å². The van der Waals surface area contributed by atoms with Gasteiger partial charge in [0.05, 0.1) is 17.9 Å². The molecule has 1 unspecified atom stereocenters. The van der Waals surface area contributed by atoms with Gasteiger partial charge in [0.1, 0.15) is 5.82 Å². The van der Waals surface area contributed by atoms with E-state index in [4.69, 9.17) is 9.47 Å². The summed E-state index contributed by atoms with van der Waals surface area (Å²) in [5.41, 5.74) is 0.961. The van der Waals surface area contributed by atoms with E-state index in [9.17, 15) is 0 Å². The van der Waals surface area contributed by atoms with Crippen molar-refractivity contribution in [3.8, 4) is 0 Å². The van der Waals surface area contributed by atoms with Gasteiger partial charge in [0.15, 0.2) is 6.29 Å². The molecule has 0 aliphatic rings. The molecule has 0 aliphatic heterocycles. The van der Waals surface area contributed by atoms with Crippen LogP contribution in [-0.2, 0) is 9.47 Å². The fourth-order valence-electron chi connectivity index (χ4n) is 2.04. The van der Waals surface area contributed by atoms with Crippen molar-refractivity contribution in [1.82, 2.24) is 4.98 Å². The molecule has 0 aliphatic carbocycles. The number of nitrogens with one attached hydrogen (secondary N) is 1. The molecule has 0 saturated heterocycles. The van der Waals surface area contributed by atoms with Gasteiger partial charge >= 0.3 is 0 Å². The second-order valence-electron chi connectivity index (χ2n) is 4.35. The Hall–Kier alpha value is -1.33. The molecule has 0 bridgehead atoms. The number of pyridine rings is 1. The largest absolute Gasteiger partial charge is 0.376 e. The Bertz CT molecular complexity index is 348. The van der Waals surface area contributed by atoms with Crippen LogP contribution in [0.1, 0.15) is 20.8 Å². The van der Waals surface area contributed by atoms with Crippen LogP contribution in [0.25, 0.3) is 0 Å². The Labute approximate surface area is 115 Å². The summed E-state index contributed by atoms with van der Waals surface area (Å²) in [5.74, 6) is 0.998. The van der Waals surface area contributed by atoms with Gasteiger partial charge in [0, 0.05) is 27.3 Å². The Morgan fingerprint density at radius 3 is 2.26 bits per heavy atom. The molecule has 108 valence electrons. The number of anilines is 2. The van der Waals surface area contributed by atoms with Crippen molar-refractivity contribution in [3.63, 3.8) is 0 Å². The summed E-state index contributed by atoms with van der Waals surface area (Å²) in [5, 5.41) is 3.31. The molecule has 5 nitrogen and oxygen atoms in total. The highest BCUT2D eigenvalue weighted by atomic mass is 16.7. The van der Waals surface area contributed by atoms with Crippen molar-refractivity contribution in [2.75, 3.05) is 37.5 Å². The predicted octanol–water partition coefficient (Wildman–Crippen LogP) is 2.35. The number of nitrogens with zero attached hydrogens (tertiary/aromatic N) is 2. The SMILES string of the molecule is CCN(CC)c1ccc(NC(C)C(OC)OC)cn1. The molecule has 0 radical (unpaired) electrons. The molecule has 0 spiro atoms. The van der Waals surface area contributed by atoms with Crippen molar-refractivity contribution in [2.24, 2.45) is 0 Å². The van der Waals surface area contributed by atoms with Gasteiger partial charge in [0.25, 0.3) is 0 Å². The lowest BCUT2D eigenvalue weighted by Gasteiger charge is -2.24. The normalized spacial score (nSPS) is 12.5. The van der Waals surface area contributed by atoms with Crippen LogP contribution in [0.4, 0.5) is 11.5 Å². The average Bonchev–Trinajstić information content (AvgIpc) is 2.43. The number of rotatable bonds is 8. The summed E-state index contributed by atoms with van der Waals surface area (Å²) >= 11 is 0. The van der Waals surface area contributed by atoms with Gasteiger partial charge in [-0.15, -0.1) is 0 Å². The quantitative estimate of drug-likeness (QED) is 0.733. The summed E-state index contributed by atoms with van der Waals surface area (Å²) in [6, 6.07) is 4.10.